The summed E-state index contributed by atoms with van der Waals surface area (Å²) >= 11 is 0. The zero-order chi connectivity index (χ0) is 26.0. The van der Waals surface area contributed by atoms with Crippen LogP contribution in [0, 0.1) is 0 Å². The van der Waals surface area contributed by atoms with Gasteiger partial charge in [-0.2, -0.15) is 8.78 Å². The van der Waals surface area contributed by atoms with Gasteiger partial charge < -0.3 is 15.0 Å². The van der Waals surface area contributed by atoms with Crippen molar-refractivity contribution in [3.63, 3.8) is 0 Å². The Morgan fingerprint density at radius 2 is 1.92 bits per heavy atom. The molecule has 4 saturated heterocycles. The maximum atomic E-state index is 15.4. The monoisotopic (exact) mass is 529 g/mol. The minimum atomic E-state index is -2.99. The molecule has 2 bridgehead atoms. The Labute approximate surface area is 218 Å². The average molecular weight is 530 g/mol. The lowest BCUT2D eigenvalue weighted by Crippen LogP contribution is -2.76. The van der Waals surface area contributed by atoms with E-state index in [9.17, 15) is 13.2 Å². The van der Waals surface area contributed by atoms with Crippen molar-refractivity contribution in [2.75, 3.05) is 51.3 Å². The van der Waals surface area contributed by atoms with Crippen molar-refractivity contribution in [3.8, 4) is 5.75 Å². The first-order valence-electron chi connectivity index (χ1n) is 13.3. The first-order valence-corrected chi connectivity index (χ1v) is 13.3. The Bertz CT molecular complexity index is 1340. The van der Waals surface area contributed by atoms with Gasteiger partial charge in [0.15, 0.2) is 0 Å². The fourth-order valence-electron chi connectivity index (χ4n) is 6.91. The lowest BCUT2D eigenvalue weighted by atomic mass is 9.81. The van der Waals surface area contributed by atoms with E-state index >= 15 is 4.39 Å². The quantitative estimate of drug-likeness (QED) is 0.420. The van der Waals surface area contributed by atoms with E-state index in [-0.39, 0.29) is 31.2 Å². The highest BCUT2D eigenvalue weighted by Crippen LogP contribution is 2.50. The molecule has 0 spiro atoms. The molecule has 10 heteroatoms. The van der Waals surface area contributed by atoms with E-state index in [0.29, 0.717) is 37.3 Å². The number of nitrogens with zero attached hydrogens (tertiary/aromatic N) is 3. The molecule has 0 radical (unpaired) electrons. The van der Waals surface area contributed by atoms with Crippen LogP contribution in [0.4, 0.5) is 23.2 Å². The number of hydrogen-bond donors (Lipinski definition) is 2. The first-order chi connectivity index (χ1) is 18.4. The summed E-state index contributed by atoms with van der Waals surface area (Å²) in [6.45, 7) is 0.0105. The number of fused-ring (bicyclic) bond motifs is 3. The summed E-state index contributed by atoms with van der Waals surface area (Å²) in [7, 11) is 0. The molecule has 5 aliphatic rings. The van der Waals surface area contributed by atoms with Crippen molar-refractivity contribution in [1.82, 2.24) is 19.7 Å². The Morgan fingerprint density at radius 1 is 1.11 bits per heavy atom. The van der Waals surface area contributed by atoms with Gasteiger partial charge in [-0.15, -0.1) is 0 Å². The van der Waals surface area contributed by atoms with Crippen LogP contribution < -0.4 is 10.1 Å². The second-order valence-electron chi connectivity index (χ2n) is 11.2. The topological polar surface area (TPSA) is 46.8 Å². The minimum absolute atomic E-state index is 0.00758. The number of para-hydroxylation sites is 1. The number of ether oxygens (including phenoxy) is 1. The van der Waals surface area contributed by atoms with E-state index in [1.165, 1.54) is 0 Å². The maximum absolute atomic E-state index is 15.4. The van der Waals surface area contributed by atoms with Crippen LogP contribution in [0.5, 0.6) is 5.75 Å². The number of nitrogens with one attached hydrogen (secondary N) is 2. The molecule has 1 aromatic heterocycles. The molecule has 2 aromatic carbocycles. The highest BCUT2D eigenvalue weighted by Gasteiger charge is 2.57. The number of rotatable bonds is 8. The van der Waals surface area contributed by atoms with E-state index in [4.69, 9.17) is 4.74 Å². The summed E-state index contributed by atoms with van der Waals surface area (Å²) in [5, 5.41) is 4.51. The normalized spacial score (nSPS) is 29.0. The molecule has 6 heterocycles. The molecule has 8 rings (SSSR count). The molecule has 38 heavy (non-hydrogen) atoms. The standard InChI is InChI=1S/C28H31F4N5O/c29-8-3-9-35-12-18(13-35)33-17-6-7-20(23(10-17)38-27(30)31)26-25-21(19-4-1-2-5-22(19)34-25)11-24-36-14-28(32,15-36)16-37(24)26/h1-2,4-7,10,18,24,26-27,33-34H,3,8-9,11-16H2/t24-,26+/m0/s1. The molecule has 0 saturated carbocycles. The number of aromatic nitrogens is 1. The summed E-state index contributed by atoms with van der Waals surface area (Å²) in [5.74, 6) is 0.0935. The molecule has 6 nitrogen and oxygen atoms in total. The molecule has 0 unspecified atom stereocenters. The highest BCUT2D eigenvalue weighted by atomic mass is 19.3. The number of hydrogen-bond acceptors (Lipinski definition) is 5. The zero-order valence-electron chi connectivity index (χ0n) is 21.0. The van der Waals surface area contributed by atoms with Crippen LogP contribution in [0.1, 0.15) is 29.3 Å². The summed E-state index contributed by atoms with van der Waals surface area (Å²) in [6.07, 6.45) is 1.25. The van der Waals surface area contributed by atoms with Crippen LogP contribution in [0.3, 0.4) is 0 Å². The van der Waals surface area contributed by atoms with Crippen molar-refractivity contribution in [2.45, 2.75) is 43.4 Å². The van der Waals surface area contributed by atoms with E-state index in [1.807, 2.05) is 30.3 Å². The van der Waals surface area contributed by atoms with Gasteiger partial charge in [0, 0.05) is 79.6 Å². The van der Waals surface area contributed by atoms with Crippen molar-refractivity contribution in [2.24, 2.45) is 0 Å². The second kappa shape index (κ2) is 9.14. The third-order valence-corrected chi connectivity index (χ3v) is 8.54. The van der Waals surface area contributed by atoms with Crippen molar-refractivity contribution in [3.05, 3.63) is 59.3 Å². The van der Waals surface area contributed by atoms with Gasteiger partial charge in [-0.3, -0.25) is 19.1 Å². The van der Waals surface area contributed by atoms with Crippen molar-refractivity contribution >= 4 is 16.6 Å². The number of halogens is 4. The van der Waals surface area contributed by atoms with Crippen LogP contribution in [0.15, 0.2) is 42.5 Å². The van der Waals surface area contributed by atoms with Gasteiger partial charge in [0.1, 0.15) is 11.4 Å². The molecular formula is C28H31F4N5O. The number of anilines is 1. The predicted octanol–water partition coefficient (Wildman–Crippen LogP) is 4.54. The maximum Gasteiger partial charge on any atom is 0.387 e. The number of alkyl halides is 4. The average Bonchev–Trinajstić information content (AvgIpc) is 3.21. The van der Waals surface area contributed by atoms with Gasteiger partial charge in [-0.1, -0.05) is 24.3 Å². The largest absolute Gasteiger partial charge is 0.434 e. The molecular weight excluding hydrogens is 498 g/mol. The number of benzene rings is 2. The van der Waals surface area contributed by atoms with E-state index < -0.39 is 18.3 Å². The van der Waals surface area contributed by atoms with Gasteiger partial charge in [-0.25, -0.2) is 4.39 Å². The van der Waals surface area contributed by atoms with Crippen LogP contribution >= 0.6 is 0 Å². The van der Waals surface area contributed by atoms with Gasteiger partial charge in [0.2, 0.25) is 0 Å². The third-order valence-electron chi connectivity index (χ3n) is 8.54. The predicted molar refractivity (Wildman–Crippen MR) is 137 cm³/mol. The fraction of sp³-hybridized carbons (Fsp3) is 0.500. The second-order valence-corrected chi connectivity index (χ2v) is 11.2. The number of likely N-dealkylation sites (tertiary alicyclic amines) is 1. The summed E-state index contributed by atoms with van der Waals surface area (Å²) in [5.41, 5.74) is 3.04. The van der Waals surface area contributed by atoms with Gasteiger partial charge in [0.25, 0.3) is 0 Å². The molecule has 0 amide bonds. The van der Waals surface area contributed by atoms with Crippen molar-refractivity contribution in [1.29, 1.82) is 0 Å². The Morgan fingerprint density at radius 3 is 2.71 bits per heavy atom. The SMILES string of the molecule is FCCCN1CC(Nc2ccc([C@@H]3c4[nH]c5ccccc5c4C[C@H]4N5CC(F)(C5)CN34)c(OC(F)F)c2)C1. The molecule has 2 N–H and O–H groups in total. The van der Waals surface area contributed by atoms with E-state index in [0.717, 1.165) is 41.7 Å². The summed E-state index contributed by atoms with van der Waals surface area (Å²) in [6, 6.07) is 13.1. The number of H-pyrrole nitrogens is 1. The third kappa shape index (κ3) is 4.04. The summed E-state index contributed by atoms with van der Waals surface area (Å²) < 4.78 is 60.3. The van der Waals surface area contributed by atoms with E-state index in [1.54, 1.807) is 6.07 Å². The molecule has 3 aromatic rings. The number of aromatic amines is 1. The summed E-state index contributed by atoms with van der Waals surface area (Å²) in [4.78, 5) is 9.95. The fourth-order valence-corrected chi connectivity index (χ4v) is 6.91. The van der Waals surface area contributed by atoms with Gasteiger partial charge >= 0.3 is 6.61 Å². The van der Waals surface area contributed by atoms with Gasteiger partial charge in [0.05, 0.1) is 24.9 Å². The van der Waals surface area contributed by atoms with Gasteiger partial charge in [-0.05, 0) is 24.1 Å². The van der Waals surface area contributed by atoms with Crippen LogP contribution in [-0.4, -0.2) is 90.1 Å². The lowest BCUT2D eigenvalue weighted by Gasteiger charge is -2.61. The molecule has 5 aliphatic heterocycles. The minimum Gasteiger partial charge on any atom is -0.434 e. The smallest absolute Gasteiger partial charge is 0.387 e. The molecule has 202 valence electrons. The van der Waals surface area contributed by atoms with Crippen LogP contribution in [0.2, 0.25) is 0 Å². The van der Waals surface area contributed by atoms with E-state index in [2.05, 4.69) is 31.1 Å². The zero-order valence-corrected chi connectivity index (χ0v) is 21.0. The Hall–Kier alpha value is -2.82. The highest BCUT2D eigenvalue weighted by molar-refractivity contribution is 5.85. The van der Waals surface area contributed by atoms with Crippen molar-refractivity contribution < 1.29 is 22.3 Å². The van der Waals surface area contributed by atoms with Crippen LogP contribution in [0.25, 0.3) is 10.9 Å². The Kier molecular flexibility index (Phi) is 5.83. The van der Waals surface area contributed by atoms with Crippen LogP contribution in [-0.2, 0) is 6.42 Å². The first kappa shape index (κ1) is 24.2. The Balaban J connectivity index is 1.25. The molecule has 4 fully saturated rings. The molecule has 0 aliphatic carbocycles. The lowest BCUT2D eigenvalue weighted by molar-refractivity contribution is -0.185. The molecule has 2 atom stereocenters.